The van der Waals surface area contributed by atoms with E-state index in [4.69, 9.17) is 11.6 Å². The number of aromatic amines is 1. The quantitative estimate of drug-likeness (QED) is 0.438. The number of halogens is 2. The molecule has 0 spiro atoms. The van der Waals surface area contributed by atoms with Gasteiger partial charge in [0.25, 0.3) is 5.91 Å². The second-order valence-corrected chi connectivity index (χ2v) is 7.55. The summed E-state index contributed by atoms with van der Waals surface area (Å²) in [5.74, 6) is -0.332. The number of fused-ring (bicyclic) bond motifs is 1. The van der Waals surface area contributed by atoms with Crippen molar-refractivity contribution in [2.75, 3.05) is 13.6 Å². The average Bonchev–Trinajstić information content (AvgIpc) is 3.21. The largest absolute Gasteiger partial charge is 0.342 e. The smallest absolute Gasteiger partial charge is 0.253 e. The molecule has 30 heavy (non-hydrogen) atoms. The Kier molecular flexibility index (Phi) is 5.77. The maximum Gasteiger partial charge on any atom is 0.253 e. The van der Waals surface area contributed by atoms with Crippen LogP contribution in [0.15, 0.2) is 60.7 Å². The van der Waals surface area contributed by atoms with Gasteiger partial charge in [-0.05, 0) is 61.4 Å². The third-order valence-corrected chi connectivity index (χ3v) is 5.15. The summed E-state index contributed by atoms with van der Waals surface area (Å²) in [6.07, 6.45) is 1.51. The monoisotopic (exact) mass is 422 g/mol. The van der Waals surface area contributed by atoms with Gasteiger partial charge in [0.1, 0.15) is 11.0 Å². The predicted octanol–water partition coefficient (Wildman–Crippen LogP) is 5.12. The van der Waals surface area contributed by atoms with Gasteiger partial charge < -0.3 is 4.90 Å². The van der Waals surface area contributed by atoms with E-state index in [0.717, 1.165) is 35.0 Å². The van der Waals surface area contributed by atoms with Crippen LogP contribution in [0.2, 0.25) is 5.15 Å². The Morgan fingerprint density at radius 2 is 2.00 bits per heavy atom. The highest BCUT2D eigenvalue weighted by atomic mass is 35.5. The number of benzene rings is 2. The molecule has 0 bridgehead atoms. The number of aromatic nitrogens is 3. The van der Waals surface area contributed by atoms with Gasteiger partial charge in [-0.1, -0.05) is 23.7 Å². The lowest BCUT2D eigenvalue weighted by Gasteiger charge is -2.17. The first-order valence-electron chi connectivity index (χ1n) is 9.61. The van der Waals surface area contributed by atoms with E-state index in [-0.39, 0.29) is 11.7 Å². The van der Waals surface area contributed by atoms with Crippen LogP contribution in [-0.4, -0.2) is 39.6 Å². The van der Waals surface area contributed by atoms with Gasteiger partial charge in [-0.25, -0.2) is 9.37 Å². The first kappa shape index (κ1) is 20.0. The zero-order valence-electron chi connectivity index (χ0n) is 16.4. The van der Waals surface area contributed by atoms with E-state index >= 15 is 0 Å². The second-order valence-electron chi connectivity index (χ2n) is 7.16. The van der Waals surface area contributed by atoms with Gasteiger partial charge in [-0.3, -0.25) is 9.89 Å². The van der Waals surface area contributed by atoms with Gasteiger partial charge in [0.2, 0.25) is 0 Å². The Morgan fingerprint density at radius 1 is 1.13 bits per heavy atom. The number of nitrogens with one attached hydrogen (secondary N) is 1. The van der Waals surface area contributed by atoms with Crippen LogP contribution in [0, 0.1) is 5.82 Å². The molecule has 2 aromatic heterocycles. The molecule has 0 aliphatic carbocycles. The first-order valence-corrected chi connectivity index (χ1v) is 9.99. The summed E-state index contributed by atoms with van der Waals surface area (Å²) in [5, 5.41) is 8.55. The minimum atomic E-state index is -0.287. The van der Waals surface area contributed by atoms with Crippen LogP contribution in [0.5, 0.6) is 0 Å². The van der Waals surface area contributed by atoms with E-state index in [9.17, 15) is 9.18 Å². The minimum absolute atomic E-state index is 0.0445. The zero-order chi connectivity index (χ0) is 21.1. The molecule has 0 radical (unpaired) electrons. The molecule has 0 unspecified atom stereocenters. The molecule has 1 N–H and O–H groups in total. The Bertz CT molecular complexity index is 1210. The van der Waals surface area contributed by atoms with Gasteiger partial charge >= 0.3 is 0 Å². The van der Waals surface area contributed by atoms with Crippen molar-refractivity contribution in [3.8, 4) is 11.3 Å². The van der Waals surface area contributed by atoms with E-state index < -0.39 is 0 Å². The Morgan fingerprint density at radius 3 is 2.83 bits per heavy atom. The summed E-state index contributed by atoms with van der Waals surface area (Å²) < 4.78 is 13.4. The fourth-order valence-corrected chi connectivity index (χ4v) is 3.50. The number of carbonyl (C=O) groups excluding carboxylic acids is 1. The Hall–Kier alpha value is -3.25. The summed E-state index contributed by atoms with van der Waals surface area (Å²) in [6, 6.07) is 17.2. The highest BCUT2D eigenvalue weighted by Gasteiger charge is 2.13. The molecule has 0 atom stereocenters. The molecule has 7 heteroatoms. The molecule has 2 heterocycles. The summed E-state index contributed by atoms with van der Waals surface area (Å²) >= 11 is 5.91. The normalized spacial score (nSPS) is 11.0. The van der Waals surface area contributed by atoms with Crippen LogP contribution < -0.4 is 0 Å². The molecule has 4 aromatic rings. The summed E-state index contributed by atoms with van der Waals surface area (Å²) in [4.78, 5) is 18.7. The van der Waals surface area contributed by atoms with Crippen molar-refractivity contribution >= 4 is 28.4 Å². The second kappa shape index (κ2) is 8.63. The number of aryl methyl sites for hydroxylation is 1. The lowest BCUT2D eigenvalue weighted by atomic mass is 10.1. The molecular formula is C23H20ClFN4O. The van der Waals surface area contributed by atoms with E-state index in [1.165, 1.54) is 12.1 Å². The van der Waals surface area contributed by atoms with Crippen molar-refractivity contribution in [3.63, 3.8) is 0 Å². The average molecular weight is 423 g/mol. The van der Waals surface area contributed by atoms with Crippen molar-refractivity contribution in [1.29, 1.82) is 0 Å². The van der Waals surface area contributed by atoms with Crippen molar-refractivity contribution in [2.24, 2.45) is 0 Å². The van der Waals surface area contributed by atoms with Gasteiger partial charge in [0.15, 0.2) is 0 Å². The van der Waals surface area contributed by atoms with Gasteiger partial charge in [-0.15, -0.1) is 0 Å². The van der Waals surface area contributed by atoms with Crippen molar-refractivity contribution < 1.29 is 9.18 Å². The van der Waals surface area contributed by atoms with E-state index in [1.54, 1.807) is 36.2 Å². The fourth-order valence-electron chi connectivity index (χ4n) is 3.35. The molecular weight excluding hydrogens is 403 g/mol. The third kappa shape index (κ3) is 4.49. The number of carbonyl (C=O) groups is 1. The van der Waals surface area contributed by atoms with Crippen LogP contribution in [0.1, 0.15) is 22.5 Å². The summed E-state index contributed by atoms with van der Waals surface area (Å²) in [5.41, 5.74) is 3.76. The van der Waals surface area contributed by atoms with Crippen LogP contribution in [0.3, 0.4) is 0 Å². The molecule has 0 aliphatic heterocycles. The number of hydrogen-bond donors (Lipinski definition) is 1. The number of H-pyrrole nitrogens is 1. The highest BCUT2D eigenvalue weighted by molar-refractivity contribution is 6.29. The SMILES string of the molecule is CN(CCCc1cc(-c2cccc(F)c2)n[nH]1)C(=O)c1ccc2nc(Cl)ccc2c1. The molecule has 0 saturated carbocycles. The third-order valence-electron chi connectivity index (χ3n) is 4.94. The lowest BCUT2D eigenvalue weighted by molar-refractivity contribution is 0.0793. The van der Waals surface area contributed by atoms with Crippen molar-refractivity contribution in [2.45, 2.75) is 12.8 Å². The van der Waals surface area contributed by atoms with E-state index in [0.29, 0.717) is 23.0 Å². The van der Waals surface area contributed by atoms with Crippen LogP contribution in [-0.2, 0) is 6.42 Å². The Balaban J connectivity index is 1.35. The number of hydrogen-bond acceptors (Lipinski definition) is 3. The standard InChI is InChI=1S/C23H20ClFN4O/c1-29(23(30)17-7-9-20-16(12-17)8-10-22(24)26-20)11-3-6-19-14-21(28-27-19)15-4-2-5-18(25)13-15/h2,4-5,7-10,12-14H,3,6,11H2,1H3,(H,27,28). The molecule has 0 saturated heterocycles. The molecule has 0 fully saturated rings. The topological polar surface area (TPSA) is 61.9 Å². The van der Waals surface area contributed by atoms with Gasteiger partial charge in [0.05, 0.1) is 11.2 Å². The summed E-state index contributed by atoms with van der Waals surface area (Å²) in [6.45, 7) is 0.601. The number of amides is 1. The maximum absolute atomic E-state index is 13.4. The lowest BCUT2D eigenvalue weighted by Crippen LogP contribution is -2.28. The number of pyridine rings is 1. The molecule has 0 aliphatic rings. The number of nitrogens with zero attached hydrogens (tertiary/aromatic N) is 3. The highest BCUT2D eigenvalue weighted by Crippen LogP contribution is 2.20. The van der Waals surface area contributed by atoms with E-state index in [1.807, 2.05) is 24.3 Å². The molecule has 1 amide bonds. The molecule has 2 aromatic carbocycles. The van der Waals surface area contributed by atoms with Gasteiger partial charge in [0, 0.05) is 35.8 Å². The minimum Gasteiger partial charge on any atom is -0.342 e. The molecule has 152 valence electrons. The van der Waals surface area contributed by atoms with Crippen molar-refractivity contribution in [1.82, 2.24) is 20.1 Å². The van der Waals surface area contributed by atoms with Crippen LogP contribution >= 0.6 is 11.6 Å². The molecule has 4 rings (SSSR count). The Labute approximate surface area is 178 Å². The zero-order valence-corrected chi connectivity index (χ0v) is 17.2. The summed E-state index contributed by atoms with van der Waals surface area (Å²) in [7, 11) is 1.79. The first-order chi connectivity index (χ1) is 14.5. The predicted molar refractivity (Wildman–Crippen MR) is 116 cm³/mol. The van der Waals surface area contributed by atoms with E-state index in [2.05, 4.69) is 15.2 Å². The fraction of sp³-hybridized carbons (Fsp3) is 0.174. The van der Waals surface area contributed by atoms with Crippen LogP contribution in [0.25, 0.3) is 22.2 Å². The number of rotatable bonds is 6. The van der Waals surface area contributed by atoms with Gasteiger partial charge in [-0.2, -0.15) is 5.10 Å². The van der Waals surface area contributed by atoms with Crippen molar-refractivity contribution in [3.05, 3.63) is 82.9 Å². The maximum atomic E-state index is 13.4. The molecule has 5 nitrogen and oxygen atoms in total. The van der Waals surface area contributed by atoms with Crippen LogP contribution in [0.4, 0.5) is 4.39 Å².